The van der Waals surface area contributed by atoms with Crippen molar-refractivity contribution < 1.29 is 30.0 Å². The molecule has 1 fully saturated rings. The van der Waals surface area contributed by atoms with Crippen LogP contribution in [0.1, 0.15) is 0 Å². The summed E-state index contributed by atoms with van der Waals surface area (Å²) < 4.78 is 4.63. The molecule has 0 aromatic rings. The van der Waals surface area contributed by atoms with Crippen molar-refractivity contribution in [2.24, 2.45) is 0 Å². The molecule has 0 saturated carbocycles. The molecule has 1 rings (SSSR count). The molecule has 1 aliphatic heterocycles. The number of aliphatic carboxylic acids is 1. The monoisotopic (exact) mass is 177 g/mol. The van der Waals surface area contributed by atoms with Gasteiger partial charge in [-0.25, -0.2) is 0 Å². The number of carboxylic acid groups (broad SMARTS) is 1. The molecular formula is C6H9O6-. The topological polar surface area (TPSA) is 110 Å². The van der Waals surface area contributed by atoms with Crippen molar-refractivity contribution in [2.75, 3.05) is 6.61 Å². The summed E-state index contributed by atoms with van der Waals surface area (Å²) in [5, 5.41) is 36.9. The van der Waals surface area contributed by atoms with Crippen LogP contribution in [0.2, 0.25) is 0 Å². The molecule has 0 spiro atoms. The summed E-state index contributed by atoms with van der Waals surface area (Å²) >= 11 is 0. The van der Waals surface area contributed by atoms with Gasteiger partial charge in [-0.15, -0.1) is 0 Å². The van der Waals surface area contributed by atoms with Gasteiger partial charge in [-0.1, -0.05) is 0 Å². The third-order valence-corrected chi connectivity index (χ3v) is 1.74. The van der Waals surface area contributed by atoms with Crippen LogP contribution in [0, 0.1) is 0 Å². The van der Waals surface area contributed by atoms with E-state index in [0.717, 1.165) is 0 Å². The first-order valence-electron chi connectivity index (χ1n) is 3.40. The Bertz CT molecular complexity index is 181. The van der Waals surface area contributed by atoms with Crippen LogP contribution in [0.5, 0.6) is 0 Å². The van der Waals surface area contributed by atoms with Crippen molar-refractivity contribution in [3.8, 4) is 0 Å². The summed E-state index contributed by atoms with van der Waals surface area (Å²) in [6, 6.07) is 0. The lowest BCUT2D eigenvalue weighted by atomic mass is 10.1. The number of ether oxygens (including phenoxy) is 1. The van der Waals surface area contributed by atoms with E-state index in [-0.39, 0.29) is 6.61 Å². The average Bonchev–Trinajstić information content (AvgIpc) is 2.32. The predicted octanol–water partition coefficient (Wildman–Crippen LogP) is -3.78. The van der Waals surface area contributed by atoms with Crippen LogP contribution in [0.15, 0.2) is 0 Å². The van der Waals surface area contributed by atoms with E-state index >= 15 is 0 Å². The van der Waals surface area contributed by atoms with Gasteiger partial charge in [0.2, 0.25) is 0 Å². The number of aliphatic hydroxyl groups is 3. The van der Waals surface area contributed by atoms with Gasteiger partial charge in [0, 0.05) is 0 Å². The molecule has 0 aromatic carbocycles. The van der Waals surface area contributed by atoms with Gasteiger partial charge in [0.25, 0.3) is 0 Å². The van der Waals surface area contributed by atoms with Crippen molar-refractivity contribution in [3.05, 3.63) is 0 Å². The predicted molar refractivity (Wildman–Crippen MR) is 32.8 cm³/mol. The van der Waals surface area contributed by atoms with Crippen molar-refractivity contribution in [1.82, 2.24) is 0 Å². The Morgan fingerprint density at radius 2 is 2.17 bits per heavy atom. The third kappa shape index (κ3) is 1.56. The molecule has 0 aliphatic carbocycles. The molecule has 3 N–H and O–H groups in total. The molecule has 6 nitrogen and oxygen atoms in total. The molecule has 1 aliphatic rings. The van der Waals surface area contributed by atoms with Crippen LogP contribution in [0.3, 0.4) is 0 Å². The summed E-state index contributed by atoms with van der Waals surface area (Å²) in [5.41, 5.74) is 0. The van der Waals surface area contributed by atoms with E-state index in [1.807, 2.05) is 0 Å². The molecule has 0 radical (unpaired) electrons. The lowest BCUT2D eigenvalue weighted by molar-refractivity contribution is -0.319. The molecule has 0 bridgehead atoms. The zero-order valence-corrected chi connectivity index (χ0v) is 6.08. The highest BCUT2D eigenvalue weighted by molar-refractivity contribution is 5.70. The Hall–Kier alpha value is -0.690. The maximum absolute atomic E-state index is 10.1. The van der Waals surface area contributed by atoms with E-state index in [2.05, 4.69) is 4.74 Å². The fourth-order valence-corrected chi connectivity index (χ4v) is 1.04. The highest BCUT2D eigenvalue weighted by Gasteiger charge is 2.39. The second-order valence-corrected chi connectivity index (χ2v) is 2.62. The first kappa shape index (κ1) is 9.40. The van der Waals surface area contributed by atoms with Gasteiger partial charge in [-0.05, 0) is 0 Å². The molecule has 0 aromatic heterocycles. The second kappa shape index (κ2) is 3.36. The lowest BCUT2D eigenvalue weighted by Crippen LogP contribution is -2.48. The van der Waals surface area contributed by atoms with Crippen LogP contribution in [-0.2, 0) is 9.53 Å². The van der Waals surface area contributed by atoms with Gasteiger partial charge < -0.3 is 30.0 Å². The third-order valence-electron chi connectivity index (χ3n) is 1.74. The van der Waals surface area contributed by atoms with Crippen molar-refractivity contribution in [2.45, 2.75) is 24.4 Å². The molecule has 1 saturated heterocycles. The first-order valence-corrected chi connectivity index (χ1v) is 3.40. The van der Waals surface area contributed by atoms with E-state index in [9.17, 15) is 9.90 Å². The number of carboxylic acids is 1. The molecular weight excluding hydrogens is 168 g/mol. The summed E-state index contributed by atoms with van der Waals surface area (Å²) in [6.45, 7) is -0.184. The van der Waals surface area contributed by atoms with Crippen LogP contribution in [0.4, 0.5) is 0 Å². The van der Waals surface area contributed by atoms with Crippen LogP contribution in [-0.4, -0.2) is 52.3 Å². The Balaban J connectivity index is 2.59. The minimum absolute atomic E-state index is 0.184. The van der Waals surface area contributed by atoms with E-state index in [1.165, 1.54) is 0 Å². The highest BCUT2D eigenvalue weighted by Crippen LogP contribution is 2.16. The Labute approximate surface area is 68.0 Å². The zero-order chi connectivity index (χ0) is 9.30. The summed E-state index contributed by atoms with van der Waals surface area (Å²) in [7, 11) is 0. The number of carbonyl (C=O) groups is 1. The summed E-state index contributed by atoms with van der Waals surface area (Å²) in [4.78, 5) is 10.1. The van der Waals surface area contributed by atoms with E-state index in [0.29, 0.717) is 0 Å². The van der Waals surface area contributed by atoms with Crippen LogP contribution >= 0.6 is 0 Å². The zero-order valence-electron chi connectivity index (χ0n) is 6.08. The second-order valence-electron chi connectivity index (χ2n) is 2.62. The van der Waals surface area contributed by atoms with Gasteiger partial charge in [0.05, 0.1) is 12.6 Å². The standard InChI is InChI=1S/C6H10O6/c7-2-1-12-5(3(2)8)4(9)6(10)11/h2-5,7-9H,1H2,(H,10,11)/p-1/t2-,3+,4-,5+/m0/s1. The summed E-state index contributed by atoms with van der Waals surface area (Å²) in [6.07, 6.45) is -5.73. The van der Waals surface area contributed by atoms with Crippen molar-refractivity contribution >= 4 is 5.97 Å². The Morgan fingerprint density at radius 3 is 2.50 bits per heavy atom. The molecule has 70 valence electrons. The van der Waals surface area contributed by atoms with Gasteiger partial charge in [0.15, 0.2) is 0 Å². The Morgan fingerprint density at radius 1 is 1.58 bits per heavy atom. The number of hydrogen-bond acceptors (Lipinski definition) is 6. The minimum Gasteiger partial charge on any atom is -0.547 e. The number of carbonyl (C=O) groups excluding carboxylic acids is 1. The van der Waals surface area contributed by atoms with Gasteiger partial charge in [-0.3, -0.25) is 0 Å². The largest absolute Gasteiger partial charge is 0.547 e. The fraction of sp³-hybridized carbons (Fsp3) is 0.833. The fourth-order valence-electron chi connectivity index (χ4n) is 1.04. The van der Waals surface area contributed by atoms with E-state index < -0.39 is 30.4 Å². The van der Waals surface area contributed by atoms with Crippen molar-refractivity contribution in [1.29, 1.82) is 0 Å². The van der Waals surface area contributed by atoms with Crippen LogP contribution < -0.4 is 5.11 Å². The Kier molecular flexibility index (Phi) is 2.63. The quantitative estimate of drug-likeness (QED) is 0.399. The number of hydrogen-bond donors (Lipinski definition) is 3. The maximum Gasteiger partial charge on any atom is 0.122 e. The van der Waals surface area contributed by atoms with Crippen LogP contribution in [0.25, 0.3) is 0 Å². The van der Waals surface area contributed by atoms with Gasteiger partial charge in [-0.2, -0.15) is 0 Å². The molecule has 0 unspecified atom stereocenters. The summed E-state index contributed by atoms with van der Waals surface area (Å²) in [5.74, 6) is -1.73. The maximum atomic E-state index is 10.1. The molecule has 0 amide bonds. The average molecular weight is 177 g/mol. The molecule has 1 heterocycles. The van der Waals surface area contributed by atoms with Gasteiger partial charge in [0.1, 0.15) is 24.4 Å². The normalized spacial score (nSPS) is 38.1. The minimum atomic E-state index is -1.91. The first-order chi connectivity index (χ1) is 5.54. The van der Waals surface area contributed by atoms with Gasteiger partial charge >= 0.3 is 0 Å². The van der Waals surface area contributed by atoms with E-state index in [4.69, 9.17) is 15.3 Å². The highest BCUT2D eigenvalue weighted by atomic mass is 16.5. The SMILES string of the molecule is O=C([O-])[C@@H](O)[C@@H]1OC[C@H](O)[C@H]1O. The lowest BCUT2D eigenvalue weighted by Gasteiger charge is -2.21. The molecule has 12 heavy (non-hydrogen) atoms. The number of rotatable bonds is 2. The number of aliphatic hydroxyl groups excluding tert-OH is 3. The van der Waals surface area contributed by atoms with E-state index in [1.54, 1.807) is 0 Å². The molecule has 6 heteroatoms. The molecule has 4 atom stereocenters. The van der Waals surface area contributed by atoms with Crippen molar-refractivity contribution in [3.63, 3.8) is 0 Å². The smallest absolute Gasteiger partial charge is 0.122 e.